The zero-order valence-electron chi connectivity index (χ0n) is 13.6. The summed E-state index contributed by atoms with van der Waals surface area (Å²) in [6.07, 6.45) is 1.45. The van der Waals surface area contributed by atoms with Gasteiger partial charge in [0.1, 0.15) is 0 Å². The SMILES string of the molecule is CCC1=NN=C2CN=C(c3ccccn3)c3c(Cl)cccc3N2C1O. The lowest BCUT2D eigenvalue weighted by Crippen LogP contribution is -2.48. The van der Waals surface area contributed by atoms with Gasteiger partial charge in [0.15, 0.2) is 12.1 Å². The van der Waals surface area contributed by atoms with Gasteiger partial charge >= 0.3 is 0 Å². The Bertz CT molecular complexity index is 907. The van der Waals surface area contributed by atoms with Crippen molar-refractivity contribution >= 4 is 34.5 Å². The molecule has 2 aliphatic heterocycles. The standard InChI is InChI=1S/C18H16ClN5O/c1-2-12-18(25)24-14-8-5-6-11(19)16(14)17(13-7-3-4-9-20-13)21-10-15(24)23-22-12/h3-9,18,25H,2,10H2,1H3. The number of nitrogens with zero attached hydrogens (tertiary/aromatic N) is 5. The molecule has 1 N–H and O–H groups in total. The highest BCUT2D eigenvalue weighted by atomic mass is 35.5. The molecule has 3 heterocycles. The van der Waals surface area contributed by atoms with Crippen LogP contribution in [0.4, 0.5) is 5.69 Å². The third-order valence-electron chi connectivity index (χ3n) is 4.25. The van der Waals surface area contributed by atoms with Crippen molar-refractivity contribution in [3.8, 4) is 0 Å². The Morgan fingerprint density at radius 3 is 2.84 bits per heavy atom. The zero-order chi connectivity index (χ0) is 17.4. The Morgan fingerprint density at radius 2 is 2.08 bits per heavy atom. The quantitative estimate of drug-likeness (QED) is 0.902. The van der Waals surface area contributed by atoms with Gasteiger partial charge in [0.2, 0.25) is 0 Å². The maximum absolute atomic E-state index is 10.8. The van der Waals surface area contributed by atoms with Crippen LogP contribution < -0.4 is 4.90 Å². The van der Waals surface area contributed by atoms with Gasteiger partial charge in [-0.15, -0.1) is 5.10 Å². The first-order chi connectivity index (χ1) is 12.2. The molecule has 0 radical (unpaired) electrons. The largest absolute Gasteiger partial charge is 0.368 e. The number of hydrogen-bond acceptors (Lipinski definition) is 6. The minimum atomic E-state index is -0.881. The van der Waals surface area contributed by atoms with Gasteiger partial charge in [-0.1, -0.05) is 30.7 Å². The fraction of sp³-hybridized carbons (Fsp3) is 0.222. The molecule has 1 atom stereocenters. The Balaban J connectivity index is 1.94. The van der Waals surface area contributed by atoms with Crippen LogP contribution >= 0.6 is 11.6 Å². The molecule has 25 heavy (non-hydrogen) atoms. The molecule has 0 spiro atoms. The number of aliphatic hydroxyl groups excluding tert-OH is 1. The average molecular weight is 354 g/mol. The van der Waals surface area contributed by atoms with Crippen LogP contribution in [0.5, 0.6) is 0 Å². The molecule has 0 aliphatic carbocycles. The zero-order valence-corrected chi connectivity index (χ0v) is 14.4. The van der Waals surface area contributed by atoms with Crippen LogP contribution in [0, 0.1) is 0 Å². The van der Waals surface area contributed by atoms with E-state index in [0.29, 0.717) is 28.7 Å². The summed E-state index contributed by atoms with van der Waals surface area (Å²) in [4.78, 5) is 10.9. The molecule has 6 nitrogen and oxygen atoms in total. The van der Waals surface area contributed by atoms with E-state index < -0.39 is 6.23 Å². The lowest BCUT2D eigenvalue weighted by atomic mass is 10.0. The number of anilines is 1. The number of hydrogen-bond donors (Lipinski definition) is 1. The number of rotatable bonds is 2. The summed E-state index contributed by atoms with van der Waals surface area (Å²) in [6.45, 7) is 2.23. The first-order valence-electron chi connectivity index (χ1n) is 8.06. The van der Waals surface area contributed by atoms with E-state index in [1.807, 2.05) is 43.3 Å². The van der Waals surface area contributed by atoms with E-state index in [-0.39, 0.29) is 6.54 Å². The number of amidine groups is 1. The summed E-state index contributed by atoms with van der Waals surface area (Å²) >= 11 is 6.52. The van der Waals surface area contributed by atoms with E-state index in [1.54, 1.807) is 11.1 Å². The molecule has 1 aromatic carbocycles. The summed E-state index contributed by atoms with van der Waals surface area (Å²) in [5.41, 5.74) is 3.51. The van der Waals surface area contributed by atoms with Crippen LogP contribution in [0.25, 0.3) is 0 Å². The fourth-order valence-electron chi connectivity index (χ4n) is 3.03. The molecular formula is C18H16ClN5O. The molecule has 0 bridgehead atoms. The number of fused-ring (bicyclic) bond motifs is 3. The van der Waals surface area contributed by atoms with Crippen molar-refractivity contribution in [3.63, 3.8) is 0 Å². The predicted molar refractivity (Wildman–Crippen MR) is 99.8 cm³/mol. The second kappa shape index (κ2) is 6.38. The third kappa shape index (κ3) is 2.63. The summed E-state index contributed by atoms with van der Waals surface area (Å²) in [5.74, 6) is 0.583. The highest BCUT2D eigenvalue weighted by Crippen LogP contribution is 2.34. The molecule has 1 unspecified atom stereocenters. The molecule has 0 saturated carbocycles. The van der Waals surface area contributed by atoms with Gasteiger partial charge in [0.25, 0.3) is 0 Å². The smallest absolute Gasteiger partial charge is 0.173 e. The molecule has 1 aromatic heterocycles. The number of aliphatic imine (C=N–C) groups is 1. The van der Waals surface area contributed by atoms with E-state index in [4.69, 9.17) is 11.6 Å². The van der Waals surface area contributed by atoms with Crippen molar-refractivity contribution in [1.29, 1.82) is 0 Å². The van der Waals surface area contributed by atoms with Gasteiger partial charge in [-0.3, -0.25) is 14.9 Å². The lowest BCUT2D eigenvalue weighted by Gasteiger charge is -2.33. The topological polar surface area (TPSA) is 73.4 Å². The highest BCUT2D eigenvalue weighted by Gasteiger charge is 2.34. The molecule has 2 aliphatic rings. The molecular weight excluding hydrogens is 338 g/mol. The Morgan fingerprint density at radius 1 is 1.20 bits per heavy atom. The van der Waals surface area contributed by atoms with Crippen LogP contribution in [-0.4, -0.2) is 40.1 Å². The first-order valence-corrected chi connectivity index (χ1v) is 8.43. The van der Waals surface area contributed by atoms with Crippen molar-refractivity contribution in [2.45, 2.75) is 19.6 Å². The summed E-state index contributed by atoms with van der Waals surface area (Å²) in [6, 6.07) is 11.2. The average Bonchev–Trinajstić information content (AvgIpc) is 2.81. The maximum atomic E-state index is 10.8. The van der Waals surface area contributed by atoms with Gasteiger partial charge in [0, 0.05) is 11.8 Å². The molecule has 0 amide bonds. The highest BCUT2D eigenvalue weighted by molar-refractivity contribution is 6.37. The van der Waals surface area contributed by atoms with E-state index in [9.17, 15) is 5.11 Å². The molecule has 4 rings (SSSR count). The van der Waals surface area contributed by atoms with E-state index in [0.717, 1.165) is 16.9 Å². The lowest BCUT2D eigenvalue weighted by molar-refractivity contribution is 0.246. The molecule has 0 saturated heterocycles. The molecule has 2 aromatic rings. The van der Waals surface area contributed by atoms with Gasteiger partial charge in [-0.25, -0.2) is 0 Å². The number of aliphatic hydroxyl groups is 1. The maximum Gasteiger partial charge on any atom is 0.173 e. The number of benzene rings is 1. The van der Waals surface area contributed by atoms with Gasteiger partial charge in [-0.2, -0.15) is 5.10 Å². The van der Waals surface area contributed by atoms with Crippen molar-refractivity contribution < 1.29 is 5.11 Å². The van der Waals surface area contributed by atoms with Crippen LogP contribution in [0.1, 0.15) is 24.6 Å². The third-order valence-corrected chi connectivity index (χ3v) is 4.57. The summed E-state index contributed by atoms with van der Waals surface area (Å²) in [7, 11) is 0. The van der Waals surface area contributed by atoms with Crippen LogP contribution in [0.15, 0.2) is 57.8 Å². The summed E-state index contributed by atoms with van der Waals surface area (Å²) < 4.78 is 0. The number of pyridine rings is 1. The minimum Gasteiger partial charge on any atom is -0.368 e. The van der Waals surface area contributed by atoms with Crippen molar-refractivity contribution in [3.05, 3.63) is 58.9 Å². The minimum absolute atomic E-state index is 0.286. The first kappa shape index (κ1) is 15.9. The monoisotopic (exact) mass is 353 g/mol. The second-order valence-electron chi connectivity index (χ2n) is 5.72. The molecule has 126 valence electrons. The second-order valence-corrected chi connectivity index (χ2v) is 6.13. The Hall–Kier alpha value is -2.57. The van der Waals surface area contributed by atoms with Gasteiger partial charge < -0.3 is 5.11 Å². The van der Waals surface area contributed by atoms with Crippen molar-refractivity contribution in [2.24, 2.45) is 15.2 Å². The normalized spacial score (nSPS) is 19.2. The van der Waals surface area contributed by atoms with E-state index in [2.05, 4.69) is 20.2 Å². The van der Waals surface area contributed by atoms with E-state index >= 15 is 0 Å². The predicted octanol–water partition coefficient (Wildman–Crippen LogP) is 2.89. The van der Waals surface area contributed by atoms with Crippen LogP contribution in [-0.2, 0) is 0 Å². The number of aromatic nitrogens is 1. The fourth-order valence-corrected chi connectivity index (χ4v) is 3.29. The summed E-state index contributed by atoms with van der Waals surface area (Å²) in [5, 5.41) is 19.8. The Kier molecular flexibility index (Phi) is 4.07. The number of halogens is 1. The van der Waals surface area contributed by atoms with Gasteiger partial charge in [-0.05, 0) is 30.7 Å². The van der Waals surface area contributed by atoms with Crippen molar-refractivity contribution in [1.82, 2.24) is 4.98 Å². The molecule has 0 fully saturated rings. The van der Waals surface area contributed by atoms with Gasteiger partial charge in [0.05, 0.1) is 34.4 Å². The van der Waals surface area contributed by atoms with E-state index in [1.165, 1.54) is 0 Å². The van der Waals surface area contributed by atoms with Crippen LogP contribution in [0.2, 0.25) is 5.02 Å². The Labute approximate surface area is 150 Å². The molecule has 7 heteroatoms. The van der Waals surface area contributed by atoms with Crippen molar-refractivity contribution in [2.75, 3.05) is 11.4 Å². The van der Waals surface area contributed by atoms with Crippen LogP contribution in [0.3, 0.4) is 0 Å².